The van der Waals surface area contributed by atoms with E-state index >= 15 is 0 Å². The van der Waals surface area contributed by atoms with E-state index in [1.54, 1.807) is 4.90 Å². The number of likely N-dealkylation sites (tertiary alicyclic amines) is 1. The van der Waals surface area contributed by atoms with Crippen LogP contribution in [0.1, 0.15) is 38.3 Å². The number of carbonyl (C=O) groups excluding carboxylic acids is 2. The Bertz CT molecular complexity index is 529. The summed E-state index contributed by atoms with van der Waals surface area (Å²) in [5.41, 5.74) is 7.93. The standard InChI is InChI=1S/C17H24N2O2/c1-17(2,3)14-6-4-12(5-7-14)8-9-19-11-13(16(18)21)10-15(19)20/h4-7,13H,8-11H2,1-3H3,(H2,18,21). The highest BCUT2D eigenvalue weighted by Gasteiger charge is 2.32. The van der Waals surface area contributed by atoms with Gasteiger partial charge >= 0.3 is 0 Å². The molecule has 0 radical (unpaired) electrons. The molecule has 1 aromatic rings. The Balaban J connectivity index is 1.92. The number of nitrogens with two attached hydrogens (primary N) is 1. The zero-order valence-electron chi connectivity index (χ0n) is 13.1. The van der Waals surface area contributed by atoms with Crippen molar-refractivity contribution in [1.82, 2.24) is 4.90 Å². The molecule has 4 heteroatoms. The zero-order valence-corrected chi connectivity index (χ0v) is 13.1. The molecule has 1 unspecified atom stereocenters. The van der Waals surface area contributed by atoms with E-state index < -0.39 is 0 Å². The van der Waals surface area contributed by atoms with Crippen LogP contribution in [0.5, 0.6) is 0 Å². The maximum atomic E-state index is 11.8. The van der Waals surface area contributed by atoms with Crippen molar-refractivity contribution >= 4 is 11.8 Å². The predicted molar refractivity (Wildman–Crippen MR) is 82.7 cm³/mol. The van der Waals surface area contributed by atoms with Crippen molar-refractivity contribution in [2.24, 2.45) is 11.7 Å². The number of amides is 2. The van der Waals surface area contributed by atoms with Crippen molar-refractivity contribution in [3.63, 3.8) is 0 Å². The molecule has 1 aliphatic heterocycles. The molecule has 114 valence electrons. The molecule has 2 N–H and O–H groups in total. The second kappa shape index (κ2) is 5.88. The summed E-state index contributed by atoms with van der Waals surface area (Å²) in [6.45, 7) is 7.68. The lowest BCUT2D eigenvalue weighted by Gasteiger charge is -2.20. The van der Waals surface area contributed by atoms with Crippen molar-refractivity contribution in [2.45, 2.75) is 39.0 Å². The summed E-state index contributed by atoms with van der Waals surface area (Å²) < 4.78 is 0. The van der Waals surface area contributed by atoms with Gasteiger partial charge in [0.2, 0.25) is 11.8 Å². The van der Waals surface area contributed by atoms with Crippen molar-refractivity contribution in [3.8, 4) is 0 Å². The molecule has 0 bridgehead atoms. The minimum Gasteiger partial charge on any atom is -0.369 e. The number of hydrogen-bond acceptors (Lipinski definition) is 2. The van der Waals surface area contributed by atoms with E-state index in [1.165, 1.54) is 11.1 Å². The van der Waals surface area contributed by atoms with Crippen LogP contribution in [0.4, 0.5) is 0 Å². The van der Waals surface area contributed by atoms with Crippen LogP contribution in [0, 0.1) is 5.92 Å². The molecule has 1 atom stereocenters. The molecule has 4 nitrogen and oxygen atoms in total. The molecule has 1 aliphatic rings. The van der Waals surface area contributed by atoms with E-state index in [0.29, 0.717) is 13.1 Å². The lowest BCUT2D eigenvalue weighted by atomic mass is 9.86. The molecule has 2 rings (SSSR count). The lowest BCUT2D eigenvalue weighted by molar-refractivity contribution is -0.128. The first-order valence-corrected chi connectivity index (χ1v) is 7.44. The van der Waals surface area contributed by atoms with Crippen LogP contribution in [-0.4, -0.2) is 29.8 Å². The average Bonchev–Trinajstić information content (AvgIpc) is 2.77. The van der Waals surface area contributed by atoms with Crippen LogP contribution < -0.4 is 5.73 Å². The first-order valence-electron chi connectivity index (χ1n) is 7.44. The molecule has 0 aliphatic carbocycles. The summed E-state index contributed by atoms with van der Waals surface area (Å²) in [6, 6.07) is 8.53. The summed E-state index contributed by atoms with van der Waals surface area (Å²) >= 11 is 0. The lowest BCUT2D eigenvalue weighted by Crippen LogP contribution is -2.30. The molecule has 0 saturated carbocycles. The Morgan fingerprint density at radius 3 is 2.38 bits per heavy atom. The second-order valence-electron chi connectivity index (χ2n) is 6.84. The molecule has 1 aromatic carbocycles. The largest absolute Gasteiger partial charge is 0.369 e. The Morgan fingerprint density at radius 2 is 1.90 bits per heavy atom. The fourth-order valence-electron chi connectivity index (χ4n) is 2.61. The molecule has 1 fully saturated rings. The Morgan fingerprint density at radius 1 is 1.29 bits per heavy atom. The third kappa shape index (κ3) is 3.84. The molecule has 0 aromatic heterocycles. The first kappa shape index (κ1) is 15.5. The molecular weight excluding hydrogens is 264 g/mol. The minimum atomic E-state index is -0.375. The van der Waals surface area contributed by atoms with E-state index in [1.807, 2.05) is 0 Å². The van der Waals surface area contributed by atoms with Crippen LogP contribution in [0.25, 0.3) is 0 Å². The van der Waals surface area contributed by atoms with Gasteiger partial charge < -0.3 is 10.6 Å². The number of benzene rings is 1. The van der Waals surface area contributed by atoms with E-state index in [0.717, 1.165) is 6.42 Å². The van der Waals surface area contributed by atoms with Gasteiger partial charge in [-0.25, -0.2) is 0 Å². The summed E-state index contributed by atoms with van der Waals surface area (Å²) in [4.78, 5) is 24.7. The van der Waals surface area contributed by atoms with E-state index in [-0.39, 0.29) is 29.6 Å². The second-order valence-corrected chi connectivity index (χ2v) is 6.84. The molecule has 1 saturated heterocycles. The average molecular weight is 288 g/mol. The monoisotopic (exact) mass is 288 g/mol. The van der Waals surface area contributed by atoms with Gasteiger partial charge in [0.25, 0.3) is 0 Å². The zero-order chi connectivity index (χ0) is 15.6. The van der Waals surface area contributed by atoms with E-state index in [9.17, 15) is 9.59 Å². The van der Waals surface area contributed by atoms with Gasteiger partial charge in [0, 0.05) is 19.5 Å². The quantitative estimate of drug-likeness (QED) is 0.919. The predicted octanol–water partition coefficient (Wildman–Crippen LogP) is 1.86. The van der Waals surface area contributed by atoms with Gasteiger partial charge in [-0.1, -0.05) is 45.0 Å². The highest BCUT2D eigenvalue weighted by Crippen LogP contribution is 2.23. The van der Waals surface area contributed by atoms with Crippen LogP contribution in [0.3, 0.4) is 0 Å². The third-order valence-electron chi connectivity index (χ3n) is 4.11. The van der Waals surface area contributed by atoms with Gasteiger partial charge in [0.15, 0.2) is 0 Å². The minimum absolute atomic E-state index is 0.0325. The third-order valence-corrected chi connectivity index (χ3v) is 4.11. The molecule has 0 spiro atoms. The topological polar surface area (TPSA) is 63.4 Å². The fourth-order valence-corrected chi connectivity index (χ4v) is 2.61. The van der Waals surface area contributed by atoms with Crippen molar-refractivity contribution in [3.05, 3.63) is 35.4 Å². The van der Waals surface area contributed by atoms with Crippen LogP contribution in [0.15, 0.2) is 24.3 Å². The summed E-state index contributed by atoms with van der Waals surface area (Å²) in [7, 11) is 0. The highest BCUT2D eigenvalue weighted by atomic mass is 16.2. The Hall–Kier alpha value is -1.84. The summed E-state index contributed by atoms with van der Waals surface area (Å²) in [6.07, 6.45) is 1.07. The van der Waals surface area contributed by atoms with Crippen molar-refractivity contribution in [2.75, 3.05) is 13.1 Å². The van der Waals surface area contributed by atoms with Gasteiger partial charge in [-0.05, 0) is 23.0 Å². The number of rotatable bonds is 4. The number of primary amides is 1. The van der Waals surface area contributed by atoms with Gasteiger partial charge in [-0.3, -0.25) is 9.59 Å². The molecule has 21 heavy (non-hydrogen) atoms. The van der Waals surface area contributed by atoms with Crippen LogP contribution in [0.2, 0.25) is 0 Å². The number of hydrogen-bond donors (Lipinski definition) is 1. The van der Waals surface area contributed by atoms with Gasteiger partial charge in [0.05, 0.1) is 5.92 Å². The maximum absolute atomic E-state index is 11.8. The van der Waals surface area contributed by atoms with E-state index in [4.69, 9.17) is 5.73 Å². The van der Waals surface area contributed by atoms with Crippen molar-refractivity contribution in [1.29, 1.82) is 0 Å². The fraction of sp³-hybridized carbons (Fsp3) is 0.529. The van der Waals surface area contributed by atoms with E-state index in [2.05, 4.69) is 45.0 Å². The van der Waals surface area contributed by atoms with Gasteiger partial charge in [-0.2, -0.15) is 0 Å². The van der Waals surface area contributed by atoms with Crippen LogP contribution in [-0.2, 0) is 21.4 Å². The Kier molecular flexibility index (Phi) is 4.35. The first-order chi connectivity index (χ1) is 9.77. The van der Waals surface area contributed by atoms with Gasteiger partial charge in [0.1, 0.15) is 0 Å². The maximum Gasteiger partial charge on any atom is 0.223 e. The SMILES string of the molecule is CC(C)(C)c1ccc(CCN2CC(C(N)=O)CC2=O)cc1. The number of carbonyl (C=O) groups is 2. The summed E-state index contributed by atoms with van der Waals surface area (Å²) in [5.74, 6) is -0.661. The van der Waals surface area contributed by atoms with Crippen LogP contribution >= 0.6 is 0 Å². The number of nitrogens with zero attached hydrogens (tertiary/aromatic N) is 1. The highest BCUT2D eigenvalue weighted by molar-refractivity contribution is 5.88. The normalized spacial score (nSPS) is 19.1. The summed E-state index contributed by atoms with van der Waals surface area (Å²) in [5, 5.41) is 0. The smallest absolute Gasteiger partial charge is 0.223 e. The molecular formula is C17H24N2O2. The Labute approximate surface area is 126 Å². The molecule has 1 heterocycles. The van der Waals surface area contributed by atoms with Gasteiger partial charge in [-0.15, -0.1) is 0 Å². The van der Waals surface area contributed by atoms with Crippen molar-refractivity contribution < 1.29 is 9.59 Å². The molecule has 2 amide bonds.